The lowest BCUT2D eigenvalue weighted by Gasteiger charge is -2.32. The fourth-order valence-corrected chi connectivity index (χ4v) is 4.55. The Labute approximate surface area is 226 Å². The predicted molar refractivity (Wildman–Crippen MR) is 143 cm³/mol. The van der Waals surface area contributed by atoms with E-state index in [4.69, 9.17) is 14.2 Å². The van der Waals surface area contributed by atoms with E-state index in [1.54, 1.807) is 24.0 Å². The minimum Gasteiger partial charge on any atom is -0.457 e. The summed E-state index contributed by atoms with van der Waals surface area (Å²) in [6.07, 6.45) is 9.41. The topological polar surface area (TPSA) is 123 Å². The highest BCUT2D eigenvalue weighted by molar-refractivity contribution is 5.70. The second kappa shape index (κ2) is 15.1. The predicted octanol–water partition coefficient (Wildman–Crippen LogP) is 4.08. The Kier molecular flexibility index (Phi) is 12.5. The average molecular weight is 536 g/mol. The summed E-state index contributed by atoms with van der Waals surface area (Å²) in [5.41, 5.74) is -0.644. The van der Waals surface area contributed by atoms with Gasteiger partial charge in [0.05, 0.1) is 19.1 Å². The summed E-state index contributed by atoms with van der Waals surface area (Å²) in [6, 6.07) is 0. The third-order valence-corrected chi connectivity index (χ3v) is 6.95. The zero-order chi connectivity index (χ0) is 28.3. The molecule has 1 saturated heterocycles. The maximum absolute atomic E-state index is 12.6. The van der Waals surface area contributed by atoms with Crippen molar-refractivity contribution in [1.29, 1.82) is 0 Å². The number of amides is 1. The zero-order valence-electron chi connectivity index (χ0n) is 23.4. The van der Waals surface area contributed by atoms with E-state index in [0.717, 1.165) is 37.9 Å². The summed E-state index contributed by atoms with van der Waals surface area (Å²) in [7, 11) is 0. The van der Waals surface area contributed by atoms with Gasteiger partial charge in [-0.25, -0.2) is 4.79 Å². The van der Waals surface area contributed by atoms with Gasteiger partial charge in [0.1, 0.15) is 17.8 Å². The van der Waals surface area contributed by atoms with Crippen LogP contribution in [-0.4, -0.2) is 76.8 Å². The first-order valence-electron chi connectivity index (χ1n) is 13.6. The first kappa shape index (κ1) is 31.6. The molecule has 0 radical (unpaired) electrons. The van der Waals surface area contributed by atoms with E-state index < -0.39 is 35.9 Å². The molecule has 0 saturated carbocycles. The summed E-state index contributed by atoms with van der Waals surface area (Å²) in [5, 5.41) is 21.2. The number of piperidine rings is 1. The van der Waals surface area contributed by atoms with Crippen LogP contribution in [0.25, 0.3) is 0 Å². The van der Waals surface area contributed by atoms with Gasteiger partial charge >= 0.3 is 18.0 Å². The molecular weight excluding hydrogens is 490 g/mol. The second-order valence-electron chi connectivity index (χ2n) is 10.8. The van der Waals surface area contributed by atoms with E-state index in [1.165, 1.54) is 6.92 Å². The van der Waals surface area contributed by atoms with E-state index >= 15 is 0 Å². The Morgan fingerprint density at radius 3 is 2.58 bits per heavy atom. The Morgan fingerprint density at radius 1 is 1.24 bits per heavy atom. The molecule has 0 spiro atoms. The molecule has 38 heavy (non-hydrogen) atoms. The molecule has 2 aliphatic heterocycles. The van der Waals surface area contributed by atoms with Crippen molar-refractivity contribution >= 4 is 18.0 Å². The van der Waals surface area contributed by atoms with Gasteiger partial charge in [-0.2, -0.15) is 0 Å². The number of rotatable bonds is 6. The van der Waals surface area contributed by atoms with Crippen LogP contribution in [0.2, 0.25) is 0 Å². The van der Waals surface area contributed by atoms with Crippen LogP contribution in [0, 0.1) is 11.8 Å². The molecule has 0 unspecified atom stereocenters. The van der Waals surface area contributed by atoms with Crippen molar-refractivity contribution in [3.63, 3.8) is 0 Å². The highest BCUT2D eigenvalue weighted by Crippen LogP contribution is 2.27. The molecule has 2 rings (SSSR count). The lowest BCUT2D eigenvalue weighted by Crippen LogP contribution is -2.42. The first-order chi connectivity index (χ1) is 17.9. The SMILES string of the molecule is CC(=O)O[C@@H]1/C=C/[C@H](C)[C@@H](/C(C)=C/C=C/[C@@H](C)COC(=O)N2CCCCC2)OC(=O)C[C@@H](O)CC[C@]1(C)O. The van der Waals surface area contributed by atoms with E-state index in [-0.39, 0.29) is 43.8 Å². The number of aliphatic hydroxyl groups is 2. The van der Waals surface area contributed by atoms with Crippen LogP contribution in [0.5, 0.6) is 0 Å². The Morgan fingerprint density at radius 2 is 1.92 bits per heavy atom. The summed E-state index contributed by atoms with van der Waals surface area (Å²) in [4.78, 5) is 38.2. The van der Waals surface area contributed by atoms with E-state index in [9.17, 15) is 24.6 Å². The number of aliphatic hydroxyl groups excluding tert-OH is 1. The summed E-state index contributed by atoms with van der Waals surface area (Å²) < 4.78 is 16.5. The van der Waals surface area contributed by atoms with Crippen LogP contribution in [-0.2, 0) is 23.8 Å². The van der Waals surface area contributed by atoms with Gasteiger partial charge in [0, 0.05) is 31.8 Å². The van der Waals surface area contributed by atoms with Gasteiger partial charge in [-0.1, -0.05) is 38.2 Å². The minimum absolute atomic E-state index is 0.00849. The molecule has 2 N–H and O–H groups in total. The number of cyclic esters (lactones) is 1. The fourth-order valence-electron chi connectivity index (χ4n) is 4.55. The molecule has 0 aliphatic carbocycles. The molecule has 1 fully saturated rings. The highest BCUT2D eigenvalue weighted by atomic mass is 16.6. The van der Waals surface area contributed by atoms with Crippen molar-refractivity contribution in [2.45, 2.75) is 97.1 Å². The van der Waals surface area contributed by atoms with Crippen molar-refractivity contribution in [3.05, 3.63) is 36.0 Å². The third kappa shape index (κ3) is 10.6. The number of hydrogen-bond acceptors (Lipinski definition) is 8. The van der Waals surface area contributed by atoms with E-state index in [2.05, 4.69) is 0 Å². The second-order valence-corrected chi connectivity index (χ2v) is 10.8. The highest BCUT2D eigenvalue weighted by Gasteiger charge is 2.35. The van der Waals surface area contributed by atoms with Crippen LogP contribution in [0.4, 0.5) is 4.79 Å². The maximum Gasteiger partial charge on any atom is 0.409 e. The number of likely N-dealkylation sites (tertiary alicyclic amines) is 1. The van der Waals surface area contributed by atoms with Gasteiger partial charge in [0.15, 0.2) is 0 Å². The maximum atomic E-state index is 12.6. The number of ether oxygens (including phenoxy) is 3. The molecule has 2 heterocycles. The molecule has 6 atom stereocenters. The van der Waals surface area contributed by atoms with Gasteiger partial charge in [0.2, 0.25) is 0 Å². The molecule has 9 nitrogen and oxygen atoms in total. The van der Waals surface area contributed by atoms with Gasteiger partial charge in [-0.05, 0) is 57.6 Å². The van der Waals surface area contributed by atoms with Crippen LogP contribution in [0.15, 0.2) is 36.0 Å². The summed E-state index contributed by atoms with van der Waals surface area (Å²) >= 11 is 0. The van der Waals surface area contributed by atoms with Crippen LogP contribution >= 0.6 is 0 Å². The molecular formula is C29H45NO8. The van der Waals surface area contributed by atoms with Crippen molar-refractivity contribution in [2.24, 2.45) is 11.8 Å². The number of esters is 2. The summed E-state index contributed by atoms with van der Waals surface area (Å²) in [6.45, 7) is 10.2. The molecule has 0 aromatic rings. The van der Waals surface area contributed by atoms with E-state index in [1.807, 2.05) is 39.0 Å². The van der Waals surface area contributed by atoms with Gasteiger partial charge < -0.3 is 29.3 Å². The Hall–Kier alpha value is -2.65. The quantitative estimate of drug-likeness (QED) is 0.226. The lowest BCUT2D eigenvalue weighted by molar-refractivity contribution is -0.157. The molecule has 9 heteroatoms. The average Bonchev–Trinajstić information content (AvgIpc) is 2.86. The van der Waals surface area contributed by atoms with Crippen LogP contribution in [0.3, 0.4) is 0 Å². The van der Waals surface area contributed by atoms with Crippen molar-refractivity contribution in [2.75, 3.05) is 19.7 Å². The van der Waals surface area contributed by atoms with E-state index in [0.29, 0.717) is 0 Å². The molecule has 0 aromatic carbocycles. The number of hydrogen-bond donors (Lipinski definition) is 2. The van der Waals surface area contributed by atoms with Gasteiger partial charge in [-0.3, -0.25) is 9.59 Å². The van der Waals surface area contributed by atoms with Gasteiger partial charge in [0.25, 0.3) is 0 Å². The van der Waals surface area contributed by atoms with Crippen LogP contribution < -0.4 is 0 Å². The monoisotopic (exact) mass is 535 g/mol. The number of carbonyl (C=O) groups excluding carboxylic acids is 3. The first-order valence-corrected chi connectivity index (χ1v) is 13.6. The zero-order valence-corrected chi connectivity index (χ0v) is 23.4. The molecule has 214 valence electrons. The number of allylic oxidation sites excluding steroid dienone is 2. The van der Waals surface area contributed by atoms with Crippen molar-refractivity contribution in [3.8, 4) is 0 Å². The molecule has 0 bridgehead atoms. The fraction of sp³-hybridized carbons (Fsp3) is 0.690. The Bertz CT molecular complexity index is 887. The summed E-state index contributed by atoms with van der Waals surface area (Å²) in [5.74, 6) is -1.38. The smallest absolute Gasteiger partial charge is 0.409 e. The number of nitrogens with zero attached hydrogens (tertiary/aromatic N) is 1. The standard InChI is InChI=1S/C29H45NO8/c1-20(19-36-28(34)30-16-7-6-8-17-30)10-9-11-21(2)27-22(3)12-13-25(37-23(4)31)29(5,35)15-14-24(32)18-26(33)38-27/h9-13,20,22,24-25,27,32,35H,6-8,14-19H2,1-5H3/b10-9+,13-12+,21-11+/t20-,22+,24+,25-,27-,29+/m1/s1. The van der Waals surface area contributed by atoms with Crippen LogP contribution in [0.1, 0.15) is 73.1 Å². The Balaban J connectivity index is 2.10. The third-order valence-electron chi connectivity index (χ3n) is 6.95. The lowest BCUT2D eigenvalue weighted by atomic mass is 9.88. The van der Waals surface area contributed by atoms with Crippen molar-refractivity contribution in [1.82, 2.24) is 4.90 Å². The van der Waals surface area contributed by atoms with Gasteiger partial charge in [-0.15, -0.1) is 0 Å². The largest absolute Gasteiger partial charge is 0.457 e. The minimum atomic E-state index is -1.41. The number of carbonyl (C=O) groups is 3. The molecule has 2 aliphatic rings. The van der Waals surface area contributed by atoms with Crippen molar-refractivity contribution < 1.29 is 38.8 Å². The molecule has 0 aromatic heterocycles. The molecule has 1 amide bonds. The normalized spacial score (nSPS) is 31.5.